The Morgan fingerprint density at radius 1 is 1.21 bits per heavy atom. The molecule has 0 saturated carbocycles. The third-order valence-corrected chi connectivity index (χ3v) is 4.90. The van der Waals surface area contributed by atoms with Crippen LogP contribution in [-0.4, -0.2) is 12.1 Å². The monoisotopic (exact) mass is 480 g/mol. The van der Waals surface area contributed by atoms with E-state index in [1.54, 1.807) is 37.3 Å². The van der Waals surface area contributed by atoms with Crippen LogP contribution in [0.25, 0.3) is 0 Å². The van der Waals surface area contributed by atoms with Gasteiger partial charge in [-0.15, -0.1) is 0 Å². The van der Waals surface area contributed by atoms with Crippen molar-refractivity contribution < 1.29 is 13.9 Å². The Labute approximate surface area is 180 Å². The fourth-order valence-electron chi connectivity index (χ4n) is 2.29. The van der Waals surface area contributed by atoms with Crippen molar-refractivity contribution in [2.75, 3.05) is 0 Å². The molecule has 28 heavy (non-hydrogen) atoms. The first-order chi connectivity index (χ1) is 13.4. The molecule has 0 aliphatic rings. The number of nitrogens with zero attached hydrogens (tertiary/aromatic N) is 1. The third-order valence-electron chi connectivity index (χ3n) is 3.70. The maximum absolute atomic E-state index is 11.9. The van der Waals surface area contributed by atoms with Gasteiger partial charge in [-0.05, 0) is 70.9 Å². The SMILES string of the molecule is Cc1ccc(C(=O)N/N=C\c2ccc(OCc3ccc(Cl)cc3Cl)c(Br)c2)o1. The molecule has 3 rings (SSSR count). The summed E-state index contributed by atoms with van der Waals surface area (Å²) in [5, 5.41) is 5.06. The quantitative estimate of drug-likeness (QED) is 0.347. The number of hydrogen-bond acceptors (Lipinski definition) is 4. The van der Waals surface area contributed by atoms with Gasteiger partial charge in [-0.2, -0.15) is 5.10 Å². The molecule has 0 unspecified atom stereocenters. The molecule has 0 atom stereocenters. The number of carbonyl (C=O) groups excluding carboxylic acids is 1. The zero-order chi connectivity index (χ0) is 20.1. The average Bonchev–Trinajstić information content (AvgIpc) is 3.09. The lowest BCUT2D eigenvalue weighted by molar-refractivity contribution is 0.0926. The van der Waals surface area contributed by atoms with Gasteiger partial charge in [-0.25, -0.2) is 5.43 Å². The van der Waals surface area contributed by atoms with Crippen LogP contribution in [0.2, 0.25) is 10.0 Å². The molecule has 1 aromatic heterocycles. The molecule has 0 fully saturated rings. The first-order valence-corrected chi connectivity index (χ1v) is 9.73. The maximum Gasteiger partial charge on any atom is 0.307 e. The van der Waals surface area contributed by atoms with E-state index in [9.17, 15) is 4.79 Å². The second kappa shape index (κ2) is 9.28. The standard InChI is InChI=1S/C20H15BrCl2N2O3/c1-12-2-6-19(28-12)20(26)25-24-10-13-3-7-18(16(21)8-13)27-11-14-4-5-15(22)9-17(14)23/h2-10H,11H2,1H3,(H,25,26)/b24-10-. The summed E-state index contributed by atoms with van der Waals surface area (Å²) in [5.41, 5.74) is 4.03. The van der Waals surface area contributed by atoms with Gasteiger partial charge in [0.15, 0.2) is 5.76 Å². The van der Waals surface area contributed by atoms with Crippen LogP contribution in [0, 0.1) is 6.92 Å². The van der Waals surface area contributed by atoms with Gasteiger partial charge in [0.2, 0.25) is 0 Å². The minimum atomic E-state index is -0.414. The number of furan rings is 1. The van der Waals surface area contributed by atoms with Crippen LogP contribution in [0.1, 0.15) is 27.4 Å². The zero-order valence-corrected chi connectivity index (χ0v) is 17.8. The van der Waals surface area contributed by atoms with Gasteiger partial charge in [0.05, 0.1) is 10.7 Å². The van der Waals surface area contributed by atoms with E-state index in [1.807, 2.05) is 18.2 Å². The van der Waals surface area contributed by atoms with Crippen molar-refractivity contribution in [3.05, 3.63) is 85.7 Å². The Hall–Kier alpha value is -2.28. The first kappa shape index (κ1) is 20.5. The Morgan fingerprint density at radius 3 is 2.71 bits per heavy atom. The second-order valence-electron chi connectivity index (χ2n) is 5.82. The molecule has 0 spiro atoms. The Bertz CT molecular complexity index is 1030. The molecule has 1 amide bonds. The smallest absolute Gasteiger partial charge is 0.307 e. The van der Waals surface area contributed by atoms with Crippen molar-refractivity contribution in [2.24, 2.45) is 5.10 Å². The van der Waals surface area contributed by atoms with Crippen molar-refractivity contribution in [3.63, 3.8) is 0 Å². The fraction of sp³-hybridized carbons (Fsp3) is 0.100. The Kier molecular flexibility index (Phi) is 6.78. The Morgan fingerprint density at radius 2 is 2.04 bits per heavy atom. The number of hydrazone groups is 1. The van der Waals surface area contributed by atoms with Gasteiger partial charge >= 0.3 is 5.91 Å². The van der Waals surface area contributed by atoms with E-state index in [0.717, 1.165) is 15.6 Å². The van der Waals surface area contributed by atoms with Gasteiger partial charge in [-0.3, -0.25) is 4.79 Å². The number of amides is 1. The third kappa shape index (κ3) is 5.38. The molecule has 0 saturated heterocycles. The molecule has 0 aliphatic carbocycles. The molecule has 0 aliphatic heterocycles. The summed E-state index contributed by atoms with van der Waals surface area (Å²) in [7, 11) is 0. The summed E-state index contributed by atoms with van der Waals surface area (Å²) in [6.45, 7) is 2.07. The topological polar surface area (TPSA) is 63.8 Å². The number of nitrogens with one attached hydrogen (secondary N) is 1. The maximum atomic E-state index is 11.9. The van der Waals surface area contributed by atoms with Crippen LogP contribution in [0.3, 0.4) is 0 Å². The van der Waals surface area contributed by atoms with E-state index >= 15 is 0 Å². The summed E-state index contributed by atoms with van der Waals surface area (Å²) in [6.07, 6.45) is 1.53. The van der Waals surface area contributed by atoms with Crippen LogP contribution < -0.4 is 10.2 Å². The molecule has 2 aromatic carbocycles. The number of hydrogen-bond donors (Lipinski definition) is 1. The van der Waals surface area contributed by atoms with Crippen molar-refractivity contribution in [2.45, 2.75) is 13.5 Å². The van der Waals surface area contributed by atoms with Crippen molar-refractivity contribution >= 4 is 51.3 Å². The number of ether oxygens (including phenoxy) is 1. The average molecular weight is 482 g/mol. The van der Waals surface area contributed by atoms with E-state index in [1.165, 1.54) is 6.21 Å². The van der Waals surface area contributed by atoms with Crippen molar-refractivity contribution in [1.82, 2.24) is 5.43 Å². The van der Waals surface area contributed by atoms with E-state index in [0.29, 0.717) is 28.2 Å². The second-order valence-corrected chi connectivity index (χ2v) is 7.52. The highest BCUT2D eigenvalue weighted by Crippen LogP contribution is 2.28. The first-order valence-electron chi connectivity index (χ1n) is 8.18. The summed E-state index contributed by atoms with van der Waals surface area (Å²) < 4.78 is 11.8. The van der Waals surface area contributed by atoms with Crippen LogP contribution in [0.5, 0.6) is 5.75 Å². The minimum absolute atomic E-state index is 0.209. The van der Waals surface area contributed by atoms with Gasteiger partial charge < -0.3 is 9.15 Å². The molecular formula is C20H15BrCl2N2O3. The van der Waals surface area contributed by atoms with Crippen LogP contribution >= 0.6 is 39.1 Å². The van der Waals surface area contributed by atoms with Gasteiger partial charge in [0, 0.05) is 15.6 Å². The van der Waals surface area contributed by atoms with E-state index < -0.39 is 5.91 Å². The highest BCUT2D eigenvalue weighted by Gasteiger charge is 2.09. The molecular weight excluding hydrogens is 467 g/mol. The highest BCUT2D eigenvalue weighted by molar-refractivity contribution is 9.10. The van der Waals surface area contributed by atoms with Crippen LogP contribution in [0.4, 0.5) is 0 Å². The van der Waals surface area contributed by atoms with Crippen molar-refractivity contribution in [3.8, 4) is 5.75 Å². The minimum Gasteiger partial charge on any atom is -0.488 e. The molecule has 0 radical (unpaired) electrons. The van der Waals surface area contributed by atoms with Gasteiger partial charge in [-0.1, -0.05) is 29.3 Å². The van der Waals surface area contributed by atoms with Crippen LogP contribution in [-0.2, 0) is 6.61 Å². The van der Waals surface area contributed by atoms with E-state index in [4.69, 9.17) is 32.4 Å². The largest absolute Gasteiger partial charge is 0.488 e. The zero-order valence-electron chi connectivity index (χ0n) is 14.7. The highest BCUT2D eigenvalue weighted by atomic mass is 79.9. The predicted octanol–water partition coefficient (Wildman–Crippen LogP) is 6.00. The van der Waals surface area contributed by atoms with Gasteiger partial charge in [0.25, 0.3) is 0 Å². The molecule has 144 valence electrons. The number of halogens is 3. The molecule has 0 bridgehead atoms. The lowest BCUT2D eigenvalue weighted by Gasteiger charge is -2.10. The summed E-state index contributed by atoms with van der Waals surface area (Å²) in [5.74, 6) is 1.11. The van der Waals surface area contributed by atoms with Crippen LogP contribution in [0.15, 0.2) is 62.5 Å². The molecule has 3 aromatic rings. The van der Waals surface area contributed by atoms with E-state index in [-0.39, 0.29) is 5.76 Å². The number of rotatable bonds is 6. The molecule has 5 nitrogen and oxygen atoms in total. The summed E-state index contributed by atoms with van der Waals surface area (Å²) in [4.78, 5) is 11.9. The Balaban J connectivity index is 1.59. The molecule has 8 heteroatoms. The molecule has 1 heterocycles. The normalized spacial score (nSPS) is 11.0. The lowest BCUT2D eigenvalue weighted by atomic mass is 10.2. The number of carbonyl (C=O) groups is 1. The number of aryl methyl sites for hydroxylation is 1. The molecule has 1 N–H and O–H groups in total. The lowest BCUT2D eigenvalue weighted by Crippen LogP contribution is -2.16. The van der Waals surface area contributed by atoms with Gasteiger partial charge in [0.1, 0.15) is 18.1 Å². The van der Waals surface area contributed by atoms with Crippen molar-refractivity contribution in [1.29, 1.82) is 0 Å². The predicted molar refractivity (Wildman–Crippen MR) is 113 cm³/mol. The number of benzene rings is 2. The fourth-order valence-corrected chi connectivity index (χ4v) is 3.26. The van der Waals surface area contributed by atoms with E-state index in [2.05, 4.69) is 26.5 Å². The summed E-state index contributed by atoms with van der Waals surface area (Å²) in [6, 6.07) is 14.0. The summed E-state index contributed by atoms with van der Waals surface area (Å²) >= 11 is 15.5.